The minimum Gasteiger partial charge on any atom is -0.321 e. The molecule has 0 radical (unpaired) electrons. The molecule has 2 aromatic rings. The molecule has 7 heteroatoms. The molecule has 28 heavy (non-hydrogen) atoms. The largest absolute Gasteiger partial charge is 0.434 e. The summed E-state index contributed by atoms with van der Waals surface area (Å²) in [6.07, 6.45) is -1.85. The van der Waals surface area contributed by atoms with Crippen molar-refractivity contribution in [3.05, 3.63) is 69.5 Å². The molecule has 1 aromatic carbocycles. The number of rotatable bonds is 6. The Morgan fingerprint density at radius 3 is 2.29 bits per heavy atom. The third kappa shape index (κ3) is 4.38. The van der Waals surface area contributed by atoms with Crippen molar-refractivity contribution in [3.8, 4) is 0 Å². The highest BCUT2D eigenvalue weighted by molar-refractivity contribution is 6.35. The second-order valence-electron chi connectivity index (χ2n) is 6.32. The lowest BCUT2D eigenvalue weighted by Crippen LogP contribution is -2.23. The summed E-state index contributed by atoms with van der Waals surface area (Å²) in [4.78, 5) is 16.6. The number of halogens is 4. The van der Waals surface area contributed by atoms with E-state index in [0.717, 1.165) is 11.1 Å². The van der Waals surface area contributed by atoms with Crippen molar-refractivity contribution in [2.45, 2.75) is 46.2 Å². The Balaban J connectivity index is 2.65. The molecule has 2 rings (SSSR count). The normalized spacial score (nSPS) is 11.4. The average Bonchev–Trinajstić information content (AvgIpc) is 2.63. The number of hydrogen-bond acceptors (Lipinski definition) is 2. The van der Waals surface area contributed by atoms with Gasteiger partial charge in [0.15, 0.2) is 5.69 Å². The van der Waals surface area contributed by atoms with Gasteiger partial charge in [0.05, 0.1) is 10.6 Å². The summed E-state index contributed by atoms with van der Waals surface area (Å²) in [7, 11) is 0. The topological polar surface area (TPSA) is 42.0 Å². The molecule has 0 bridgehead atoms. The maximum Gasteiger partial charge on any atom is 0.434 e. The van der Waals surface area contributed by atoms with Gasteiger partial charge in [-0.1, -0.05) is 49.7 Å². The zero-order valence-corrected chi connectivity index (χ0v) is 16.8. The highest BCUT2D eigenvalue weighted by Gasteiger charge is 2.40. The van der Waals surface area contributed by atoms with Crippen LogP contribution in [0.1, 0.15) is 52.3 Å². The van der Waals surface area contributed by atoms with Crippen LogP contribution in [-0.2, 0) is 25.4 Å². The maximum absolute atomic E-state index is 13.6. The van der Waals surface area contributed by atoms with Gasteiger partial charge in [-0.15, -0.1) is 6.58 Å². The lowest BCUT2D eigenvalue weighted by Gasteiger charge is -2.19. The lowest BCUT2D eigenvalue weighted by molar-refractivity contribution is -0.141. The third-order valence-electron chi connectivity index (χ3n) is 4.52. The Bertz CT molecular complexity index is 885. The number of carbonyl (C=O) groups is 1. The van der Waals surface area contributed by atoms with Crippen molar-refractivity contribution in [2.24, 2.45) is 0 Å². The number of hydrogen-bond donors (Lipinski definition) is 1. The van der Waals surface area contributed by atoms with E-state index in [1.165, 1.54) is 13.0 Å². The second kappa shape index (κ2) is 8.78. The molecule has 0 spiro atoms. The van der Waals surface area contributed by atoms with Crippen LogP contribution in [0.25, 0.3) is 0 Å². The van der Waals surface area contributed by atoms with E-state index in [4.69, 9.17) is 11.6 Å². The fourth-order valence-corrected chi connectivity index (χ4v) is 3.47. The van der Waals surface area contributed by atoms with Crippen molar-refractivity contribution in [2.75, 3.05) is 5.32 Å². The van der Waals surface area contributed by atoms with Crippen molar-refractivity contribution < 1.29 is 18.0 Å². The number of benzene rings is 1. The van der Waals surface area contributed by atoms with Gasteiger partial charge in [0, 0.05) is 11.4 Å². The van der Waals surface area contributed by atoms with E-state index in [1.807, 2.05) is 32.0 Å². The first kappa shape index (κ1) is 22.0. The molecule has 0 aliphatic rings. The summed E-state index contributed by atoms with van der Waals surface area (Å²) in [5, 5.41) is 2.40. The van der Waals surface area contributed by atoms with E-state index in [0.29, 0.717) is 24.1 Å². The Morgan fingerprint density at radius 1 is 1.25 bits per heavy atom. The third-order valence-corrected chi connectivity index (χ3v) is 4.94. The number of anilines is 1. The number of nitrogens with one attached hydrogen (secondary N) is 1. The Hall–Kier alpha value is -2.34. The van der Waals surface area contributed by atoms with Crippen LogP contribution in [-0.4, -0.2) is 10.9 Å². The molecule has 0 unspecified atom stereocenters. The molecular formula is C21H22ClF3N2O. The quantitative estimate of drug-likeness (QED) is 0.579. The molecule has 1 aromatic heterocycles. The molecule has 0 aliphatic carbocycles. The number of allylic oxidation sites excluding steroid dienone is 1. The first-order valence-corrected chi connectivity index (χ1v) is 9.32. The van der Waals surface area contributed by atoms with Crippen LogP contribution < -0.4 is 5.32 Å². The number of amides is 1. The number of alkyl halides is 3. The molecule has 1 N–H and O–H groups in total. The van der Waals surface area contributed by atoms with E-state index >= 15 is 0 Å². The molecule has 0 fully saturated rings. The van der Waals surface area contributed by atoms with Crippen LogP contribution in [0.3, 0.4) is 0 Å². The van der Waals surface area contributed by atoms with Crippen LogP contribution in [0, 0.1) is 6.92 Å². The molecule has 0 saturated heterocycles. The van der Waals surface area contributed by atoms with Gasteiger partial charge in [0.1, 0.15) is 0 Å². The lowest BCUT2D eigenvalue weighted by atomic mass is 10.0. The SMILES string of the molecule is C=CCc1c(C)nc(C(F)(F)F)c(C(=O)Nc2c(CC)cccc2CC)c1Cl. The van der Waals surface area contributed by atoms with Crippen molar-refractivity contribution >= 4 is 23.2 Å². The van der Waals surface area contributed by atoms with Crippen molar-refractivity contribution in [1.82, 2.24) is 4.98 Å². The van der Waals surface area contributed by atoms with Crippen LogP contribution >= 0.6 is 11.6 Å². The van der Waals surface area contributed by atoms with E-state index in [2.05, 4.69) is 16.9 Å². The highest BCUT2D eigenvalue weighted by Crippen LogP contribution is 2.37. The number of nitrogens with zero attached hydrogens (tertiary/aromatic N) is 1. The zero-order valence-electron chi connectivity index (χ0n) is 16.0. The van der Waals surface area contributed by atoms with Crippen LogP contribution in [0.2, 0.25) is 5.02 Å². The van der Waals surface area contributed by atoms with Crippen LogP contribution in [0.4, 0.5) is 18.9 Å². The van der Waals surface area contributed by atoms with Crippen molar-refractivity contribution in [1.29, 1.82) is 0 Å². The number of aryl methyl sites for hydroxylation is 3. The van der Waals surface area contributed by atoms with Gasteiger partial charge in [-0.05, 0) is 42.9 Å². The summed E-state index contributed by atoms with van der Waals surface area (Å²) in [6, 6.07) is 5.52. The van der Waals surface area contributed by atoms with Gasteiger partial charge in [-0.2, -0.15) is 13.2 Å². The van der Waals surface area contributed by atoms with Gasteiger partial charge in [0.25, 0.3) is 5.91 Å². The molecule has 1 amide bonds. The second-order valence-corrected chi connectivity index (χ2v) is 6.69. The molecule has 0 saturated carbocycles. The van der Waals surface area contributed by atoms with Crippen molar-refractivity contribution in [3.63, 3.8) is 0 Å². The van der Waals surface area contributed by atoms with E-state index in [9.17, 15) is 18.0 Å². The molecule has 150 valence electrons. The standard InChI is InChI=1S/C21H22ClF3N2O/c1-5-9-15-12(4)26-19(21(23,24)25)16(17(15)22)20(28)27-18-13(6-2)10-8-11-14(18)7-3/h5,8,10-11H,1,6-7,9H2,2-4H3,(H,27,28). The van der Waals surface area contributed by atoms with Gasteiger partial charge >= 0.3 is 6.18 Å². The summed E-state index contributed by atoms with van der Waals surface area (Å²) < 4.78 is 40.8. The maximum atomic E-state index is 13.6. The molecule has 3 nitrogen and oxygen atoms in total. The summed E-state index contributed by atoms with van der Waals surface area (Å²) in [6.45, 7) is 8.84. The fourth-order valence-electron chi connectivity index (χ4n) is 3.08. The average molecular weight is 411 g/mol. The Labute approximate surface area is 167 Å². The Kier molecular flexibility index (Phi) is 6.88. The van der Waals surface area contributed by atoms with Gasteiger partial charge in [0.2, 0.25) is 0 Å². The van der Waals surface area contributed by atoms with E-state index < -0.39 is 23.3 Å². The van der Waals surface area contributed by atoms with Gasteiger partial charge < -0.3 is 5.32 Å². The van der Waals surface area contributed by atoms with Gasteiger partial charge in [-0.25, -0.2) is 4.98 Å². The molecule has 1 heterocycles. The van der Waals surface area contributed by atoms with Crippen LogP contribution in [0.15, 0.2) is 30.9 Å². The number of aromatic nitrogens is 1. The Morgan fingerprint density at radius 2 is 1.82 bits per heavy atom. The minimum atomic E-state index is -4.81. The first-order valence-electron chi connectivity index (χ1n) is 8.94. The monoisotopic (exact) mass is 410 g/mol. The molecule has 0 atom stereocenters. The zero-order chi connectivity index (χ0) is 21.1. The first-order chi connectivity index (χ1) is 13.1. The number of carbonyl (C=O) groups excluding carboxylic acids is 1. The summed E-state index contributed by atoms with van der Waals surface area (Å²) in [5.74, 6) is -0.925. The van der Waals surface area contributed by atoms with Gasteiger partial charge in [-0.3, -0.25) is 4.79 Å². The van der Waals surface area contributed by atoms with E-state index in [-0.39, 0.29) is 17.1 Å². The fraction of sp³-hybridized carbons (Fsp3) is 0.333. The smallest absolute Gasteiger partial charge is 0.321 e. The number of pyridine rings is 1. The molecule has 0 aliphatic heterocycles. The minimum absolute atomic E-state index is 0.122. The predicted molar refractivity (Wildman–Crippen MR) is 106 cm³/mol. The highest BCUT2D eigenvalue weighted by atomic mass is 35.5. The summed E-state index contributed by atoms with van der Waals surface area (Å²) in [5.41, 5.74) is 0.725. The molecular weight excluding hydrogens is 389 g/mol. The number of para-hydroxylation sites is 1. The summed E-state index contributed by atoms with van der Waals surface area (Å²) >= 11 is 6.26. The predicted octanol–water partition coefficient (Wildman–Crippen LogP) is 6.17. The van der Waals surface area contributed by atoms with Crippen LogP contribution in [0.5, 0.6) is 0 Å². The van der Waals surface area contributed by atoms with E-state index in [1.54, 1.807) is 0 Å².